The van der Waals surface area contributed by atoms with Crippen molar-refractivity contribution in [2.45, 2.75) is 6.42 Å². The Labute approximate surface area is 116 Å². The van der Waals surface area contributed by atoms with Crippen LogP contribution in [0.25, 0.3) is 10.9 Å². The SMILES string of the molecule is N#Cc1cc2ccccc2nc1NCCc1cnc[nH]1. The summed E-state index contributed by atoms with van der Waals surface area (Å²) in [6.07, 6.45) is 4.25. The van der Waals surface area contributed by atoms with Crippen LogP contribution in [0.2, 0.25) is 0 Å². The van der Waals surface area contributed by atoms with Gasteiger partial charge in [0.2, 0.25) is 0 Å². The molecule has 0 unspecified atom stereocenters. The first-order valence-electron chi connectivity index (χ1n) is 6.38. The average Bonchev–Trinajstić information content (AvgIpc) is 3.00. The molecule has 0 radical (unpaired) electrons. The Bertz CT molecular complexity index is 756. The zero-order valence-electron chi connectivity index (χ0n) is 10.8. The Kier molecular flexibility index (Phi) is 3.29. The van der Waals surface area contributed by atoms with Gasteiger partial charge in [0.15, 0.2) is 0 Å². The summed E-state index contributed by atoms with van der Waals surface area (Å²) in [4.78, 5) is 11.5. The fourth-order valence-electron chi connectivity index (χ4n) is 2.07. The minimum absolute atomic E-state index is 0.563. The van der Waals surface area contributed by atoms with Crippen molar-refractivity contribution in [2.75, 3.05) is 11.9 Å². The molecule has 2 heterocycles. The molecule has 0 saturated carbocycles. The normalized spacial score (nSPS) is 10.3. The van der Waals surface area contributed by atoms with E-state index in [2.05, 4.69) is 26.3 Å². The van der Waals surface area contributed by atoms with Crippen LogP contribution in [0, 0.1) is 11.3 Å². The van der Waals surface area contributed by atoms with Gasteiger partial charge in [-0.3, -0.25) is 0 Å². The molecular weight excluding hydrogens is 250 g/mol. The van der Waals surface area contributed by atoms with Gasteiger partial charge >= 0.3 is 0 Å². The van der Waals surface area contributed by atoms with Gasteiger partial charge in [-0.05, 0) is 12.1 Å². The van der Waals surface area contributed by atoms with Crippen LogP contribution in [-0.2, 0) is 6.42 Å². The molecule has 3 aromatic rings. The number of nitrogens with one attached hydrogen (secondary N) is 2. The van der Waals surface area contributed by atoms with Crippen molar-refractivity contribution in [3.8, 4) is 6.07 Å². The van der Waals surface area contributed by atoms with Gasteiger partial charge < -0.3 is 10.3 Å². The van der Waals surface area contributed by atoms with Crippen molar-refractivity contribution in [3.05, 3.63) is 54.1 Å². The van der Waals surface area contributed by atoms with E-state index < -0.39 is 0 Å². The third-order valence-corrected chi connectivity index (χ3v) is 3.09. The lowest BCUT2D eigenvalue weighted by molar-refractivity contribution is 0.969. The number of para-hydroxylation sites is 1. The van der Waals surface area contributed by atoms with Gasteiger partial charge in [-0.1, -0.05) is 18.2 Å². The maximum atomic E-state index is 9.22. The first kappa shape index (κ1) is 12.2. The number of anilines is 1. The summed E-state index contributed by atoms with van der Waals surface area (Å²) >= 11 is 0. The fourth-order valence-corrected chi connectivity index (χ4v) is 2.07. The predicted octanol–water partition coefficient (Wildman–Crippen LogP) is 2.48. The molecule has 2 N–H and O–H groups in total. The van der Waals surface area contributed by atoms with E-state index in [0.717, 1.165) is 23.0 Å². The van der Waals surface area contributed by atoms with Crippen LogP contribution in [0.5, 0.6) is 0 Å². The number of benzene rings is 1. The molecule has 0 aliphatic heterocycles. The second kappa shape index (κ2) is 5.41. The highest BCUT2D eigenvalue weighted by Gasteiger charge is 2.06. The van der Waals surface area contributed by atoms with Gasteiger partial charge in [0, 0.05) is 30.2 Å². The Hall–Kier alpha value is -2.87. The largest absolute Gasteiger partial charge is 0.369 e. The van der Waals surface area contributed by atoms with Crippen molar-refractivity contribution < 1.29 is 0 Å². The van der Waals surface area contributed by atoms with Crippen LogP contribution in [0.1, 0.15) is 11.3 Å². The molecule has 0 saturated heterocycles. The molecule has 0 spiro atoms. The van der Waals surface area contributed by atoms with E-state index in [4.69, 9.17) is 0 Å². The van der Waals surface area contributed by atoms with Crippen LogP contribution in [0.3, 0.4) is 0 Å². The standard InChI is InChI=1S/C15H13N5/c16-8-12-7-11-3-1-2-4-14(11)20-15(12)18-6-5-13-9-17-10-19-13/h1-4,7,9-10H,5-6H2,(H,17,19)(H,18,20). The van der Waals surface area contributed by atoms with Gasteiger partial charge in [-0.15, -0.1) is 0 Å². The highest BCUT2D eigenvalue weighted by atomic mass is 15.0. The zero-order valence-corrected chi connectivity index (χ0v) is 10.8. The molecule has 3 rings (SSSR count). The molecule has 1 aromatic carbocycles. The van der Waals surface area contributed by atoms with Crippen LogP contribution < -0.4 is 5.32 Å². The van der Waals surface area contributed by atoms with E-state index in [1.165, 1.54) is 0 Å². The maximum absolute atomic E-state index is 9.22. The van der Waals surface area contributed by atoms with Gasteiger partial charge in [-0.2, -0.15) is 5.26 Å². The predicted molar refractivity (Wildman–Crippen MR) is 77.2 cm³/mol. The average molecular weight is 263 g/mol. The summed E-state index contributed by atoms with van der Waals surface area (Å²) in [5.74, 6) is 0.630. The molecule has 0 amide bonds. The second-order valence-electron chi connectivity index (χ2n) is 4.44. The van der Waals surface area contributed by atoms with Crippen LogP contribution in [0.4, 0.5) is 5.82 Å². The number of aromatic amines is 1. The minimum Gasteiger partial charge on any atom is -0.369 e. The van der Waals surface area contributed by atoms with Gasteiger partial charge in [-0.25, -0.2) is 9.97 Å². The van der Waals surface area contributed by atoms with Crippen LogP contribution in [-0.4, -0.2) is 21.5 Å². The molecule has 2 aromatic heterocycles. The summed E-state index contributed by atoms with van der Waals surface area (Å²) in [7, 11) is 0. The highest BCUT2D eigenvalue weighted by Crippen LogP contribution is 2.19. The lowest BCUT2D eigenvalue weighted by atomic mass is 10.1. The number of aromatic nitrogens is 3. The Morgan fingerprint density at radius 1 is 1.30 bits per heavy atom. The van der Waals surface area contributed by atoms with E-state index >= 15 is 0 Å². The number of pyridine rings is 1. The van der Waals surface area contributed by atoms with E-state index in [-0.39, 0.29) is 0 Å². The molecule has 20 heavy (non-hydrogen) atoms. The molecule has 5 nitrogen and oxygen atoms in total. The number of rotatable bonds is 4. The van der Waals surface area contributed by atoms with Gasteiger partial charge in [0.05, 0.1) is 17.4 Å². The lowest BCUT2D eigenvalue weighted by Crippen LogP contribution is -2.08. The smallest absolute Gasteiger partial charge is 0.144 e. The lowest BCUT2D eigenvalue weighted by Gasteiger charge is -2.08. The topological polar surface area (TPSA) is 77.4 Å². The van der Waals surface area contributed by atoms with Crippen molar-refractivity contribution in [2.24, 2.45) is 0 Å². The number of nitriles is 1. The first-order valence-corrected chi connectivity index (χ1v) is 6.38. The monoisotopic (exact) mass is 263 g/mol. The molecule has 0 bridgehead atoms. The third kappa shape index (κ3) is 2.45. The zero-order chi connectivity index (χ0) is 13.8. The number of nitrogens with zero attached hydrogens (tertiary/aromatic N) is 3. The summed E-state index contributed by atoms with van der Waals surface area (Å²) in [5.41, 5.74) is 2.50. The second-order valence-corrected chi connectivity index (χ2v) is 4.44. The Morgan fingerprint density at radius 3 is 3.00 bits per heavy atom. The van der Waals surface area contributed by atoms with Gasteiger partial charge in [0.25, 0.3) is 0 Å². The first-order chi connectivity index (χ1) is 9.86. The van der Waals surface area contributed by atoms with Crippen molar-refractivity contribution in [1.29, 1.82) is 5.26 Å². The quantitative estimate of drug-likeness (QED) is 0.758. The van der Waals surface area contributed by atoms with E-state index in [0.29, 0.717) is 17.9 Å². The third-order valence-electron chi connectivity index (χ3n) is 3.09. The minimum atomic E-state index is 0.563. The number of fused-ring (bicyclic) bond motifs is 1. The van der Waals surface area contributed by atoms with E-state index in [1.54, 1.807) is 12.5 Å². The molecule has 5 heteroatoms. The summed E-state index contributed by atoms with van der Waals surface area (Å²) in [5, 5.41) is 13.4. The van der Waals surface area contributed by atoms with Crippen molar-refractivity contribution >= 4 is 16.7 Å². The summed E-state index contributed by atoms with van der Waals surface area (Å²) in [6, 6.07) is 11.8. The fraction of sp³-hybridized carbons (Fsp3) is 0.133. The highest BCUT2D eigenvalue weighted by molar-refractivity contribution is 5.82. The van der Waals surface area contributed by atoms with Crippen LogP contribution >= 0.6 is 0 Å². The molecule has 0 atom stereocenters. The van der Waals surface area contributed by atoms with Crippen molar-refractivity contribution in [1.82, 2.24) is 15.0 Å². The number of imidazole rings is 1. The molecule has 0 aliphatic rings. The van der Waals surface area contributed by atoms with Crippen LogP contribution in [0.15, 0.2) is 42.9 Å². The number of hydrogen-bond donors (Lipinski definition) is 2. The van der Waals surface area contributed by atoms with E-state index in [9.17, 15) is 5.26 Å². The molecule has 0 fully saturated rings. The molecule has 98 valence electrons. The number of hydrogen-bond acceptors (Lipinski definition) is 4. The summed E-state index contributed by atoms with van der Waals surface area (Å²) < 4.78 is 0. The summed E-state index contributed by atoms with van der Waals surface area (Å²) in [6.45, 7) is 0.697. The van der Waals surface area contributed by atoms with Gasteiger partial charge in [0.1, 0.15) is 11.9 Å². The Morgan fingerprint density at radius 2 is 2.20 bits per heavy atom. The van der Waals surface area contributed by atoms with Crippen molar-refractivity contribution in [3.63, 3.8) is 0 Å². The molecule has 0 aliphatic carbocycles. The number of H-pyrrole nitrogens is 1. The molecular formula is C15H13N5. The maximum Gasteiger partial charge on any atom is 0.144 e. The Balaban J connectivity index is 1.81. The van der Waals surface area contributed by atoms with E-state index in [1.807, 2.05) is 30.3 Å².